The van der Waals surface area contributed by atoms with Crippen molar-refractivity contribution in [3.05, 3.63) is 17.5 Å². The molecule has 1 N–H and O–H groups in total. The molecule has 0 atom stereocenters. The van der Waals surface area contributed by atoms with Gasteiger partial charge >= 0.3 is 0 Å². The van der Waals surface area contributed by atoms with E-state index >= 15 is 0 Å². The highest BCUT2D eigenvalue weighted by molar-refractivity contribution is 5.76. The SMILES string of the molecule is Cc1cc(C)n(CC(=O)N(CCO)CC(F)F)n1. The minimum absolute atomic E-state index is 0.0909. The van der Waals surface area contributed by atoms with Crippen LogP contribution in [0.3, 0.4) is 0 Å². The normalized spacial score (nSPS) is 11.0. The van der Waals surface area contributed by atoms with Crippen LogP contribution in [0.25, 0.3) is 0 Å². The number of aliphatic hydroxyl groups is 1. The van der Waals surface area contributed by atoms with Gasteiger partial charge in [0.15, 0.2) is 0 Å². The van der Waals surface area contributed by atoms with Gasteiger partial charge in [0.05, 0.1) is 18.8 Å². The third-order valence-electron chi connectivity index (χ3n) is 2.47. The highest BCUT2D eigenvalue weighted by Gasteiger charge is 2.18. The lowest BCUT2D eigenvalue weighted by Gasteiger charge is -2.21. The minimum Gasteiger partial charge on any atom is -0.395 e. The van der Waals surface area contributed by atoms with Gasteiger partial charge in [0, 0.05) is 12.2 Å². The number of amides is 1. The number of aromatic nitrogens is 2. The zero-order chi connectivity index (χ0) is 13.7. The number of aryl methyl sites for hydroxylation is 2. The molecule has 0 bridgehead atoms. The molecule has 18 heavy (non-hydrogen) atoms. The molecule has 1 heterocycles. The molecular formula is C11H17F2N3O2. The fourth-order valence-corrected chi connectivity index (χ4v) is 1.67. The van der Waals surface area contributed by atoms with Crippen molar-refractivity contribution < 1.29 is 18.7 Å². The Hall–Kier alpha value is -1.50. The van der Waals surface area contributed by atoms with Crippen LogP contribution in [0.15, 0.2) is 6.07 Å². The molecule has 0 spiro atoms. The molecule has 1 rings (SSSR count). The first-order chi connectivity index (χ1) is 8.43. The van der Waals surface area contributed by atoms with Crippen molar-refractivity contribution >= 4 is 5.91 Å². The van der Waals surface area contributed by atoms with Gasteiger partial charge in [-0.2, -0.15) is 5.10 Å². The molecular weight excluding hydrogens is 244 g/mol. The Labute approximate surface area is 104 Å². The van der Waals surface area contributed by atoms with E-state index in [-0.39, 0.29) is 19.7 Å². The number of halogens is 2. The van der Waals surface area contributed by atoms with Crippen molar-refractivity contribution in [2.45, 2.75) is 26.8 Å². The van der Waals surface area contributed by atoms with Crippen LogP contribution in [0.4, 0.5) is 8.78 Å². The molecule has 102 valence electrons. The molecule has 1 aromatic heterocycles. The average Bonchev–Trinajstić information content (AvgIpc) is 2.56. The molecule has 0 fully saturated rings. The fourth-order valence-electron chi connectivity index (χ4n) is 1.67. The molecule has 0 aliphatic rings. The van der Waals surface area contributed by atoms with Gasteiger partial charge in [-0.3, -0.25) is 9.48 Å². The van der Waals surface area contributed by atoms with Gasteiger partial charge in [0.25, 0.3) is 6.43 Å². The quantitative estimate of drug-likeness (QED) is 0.815. The van der Waals surface area contributed by atoms with E-state index in [0.29, 0.717) is 0 Å². The lowest BCUT2D eigenvalue weighted by Crippen LogP contribution is -2.39. The second kappa shape index (κ2) is 6.44. The summed E-state index contributed by atoms with van der Waals surface area (Å²) in [5, 5.41) is 12.9. The fraction of sp³-hybridized carbons (Fsp3) is 0.636. The zero-order valence-corrected chi connectivity index (χ0v) is 10.4. The van der Waals surface area contributed by atoms with E-state index in [1.54, 1.807) is 19.9 Å². The van der Waals surface area contributed by atoms with Crippen molar-refractivity contribution in [3.63, 3.8) is 0 Å². The lowest BCUT2D eigenvalue weighted by atomic mass is 10.4. The van der Waals surface area contributed by atoms with E-state index in [1.807, 2.05) is 0 Å². The average molecular weight is 261 g/mol. The van der Waals surface area contributed by atoms with Gasteiger partial charge in [-0.1, -0.05) is 0 Å². The first-order valence-electron chi connectivity index (χ1n) is 5.62. The van der Waals surface area contributed by atoms with Crippen molar-refractivity contribution in [2.75, 3.05) is 19.7 Å². The second-order valence-electron chi connectivity index (χ2n) is 4.04. The number of rotatable bonds is 6. The molecule has 0 aliphatic carbocycles. The first-order valence-corrected chi connectivity index (χ1v) is 5.62. The van der Waals surface area contributed by atoms with E-state index in [0.717, 1.165) is 16.3 Å². The highest BCUT2D eigenvalue weighted by atomic mass is 19.3. The van der Waals surface area contributed by atoms with E-state index in [2.05, 4.69) is 5.10 Å². The third kappa shape index (κ3) is 4.06. The van der Waals surface area contributed by atoms with Gasteiger partial charge < -0.3 is 10.0 Å². The number of nitrogens with zero attached hydrogens (tertiary/aromatic N) is 3. The van der Waals surface area contributed by atoms with Crippen LogP contribution < -0.4 is 0 Å². The van der Waals surface area contributed by atoms with Gasteiger partial charge in [0.2, 0.25) is 5.91 Å². The van der Waals surface area contributed by atoms with Crippen LogP contribution in [0.2, 0.25) is 0 Å². The molecule has 5 nitrogen and oxygen atoms in total. The maximum Gasteiger partial charge on any atom is 0.255 e. The van der Waals surface area contributed by atoms with Crippen LogP contribution in [-0.4, -0.2) is 51.8 Å². The summed E-state index contributed by atoms with van der Waals surface area (Å²) in [4.78, 5) is 12.8. The topological polar surface area (TPSA) is 58.4 Å². The summed E-state index contributed by atoms with van der Waals surface area (Å²) in [5.74, 6) is -0.476. The number of aliphatic hydroxyl groups excluding tert-OH is 1. The van der Waals surface area contributed by atoms with E-state index in [9.17, 15) is 13.6 Å². The summed E-state index contributed by atoms with van der Waals surface area (Å²) < 4.78 is 26.1. The van der Waals surface area contributed by atoms with E-state index < -0.39 is 18.9 Å². The van der Waals surface area contributed by atoms with Gasteiger partial charge in [-0.25, -0.2) is 8.78 Å². The summed E-state index contributed by atoms with van der Waals surface area (Å²) >= 11 is 0. The Balaban J connectivity index is 2.69. The summed E-state index contributed by atoms with van der Waals surface area (Å²) in [6.45, 7) is 2.39. The van der Waals surface area contributed by atoms with E-state index in [1.165, 1.54) is 4.68 Å². The largest absolute Gasteiger partial charge is 0.395 e. The predicted octanol–water partition coefficient (Wildman–Crippen LogP) is 0.586. The molecule has 1 amide bonds. The van der Waals surface area contributed by atoms with Crippen LogP contribution in [0.1, 0.15) is 11.4 Å². The minimum atomic E-state index is -2.61. The number of carbonyl (C=O) groups excluding carboxylic acids is 1. The number of alkyl halides is 2. The van der Waals surface area contributed by atoms with Crippen molar-refractivity contribution in [2.24, 2.45) is 0 Å². The van der Waals surface area contributed by atoms with Gasteiger partial charge in [-0.05, 0) is 19.9 Å². The molecule has 0 saturated carbocycles. The van der Waals surface area contributed by atoms with Gasteiger partial charge in [-0.15, -0.1) is 0 Å². The maximum absolute atomic E-state index is 12.3. The van der Waals surface area contributed by atoms with Crippen LogP contribution in [0, 0.1) is 13.8 Å². The summed E-state index contributed by atoms with van der Waals surface area (Å²) in [5.41, 5.74) is 1.56. The summed E-state index contributed by atoms with van der Waals surface area (Å²) in [7, 11) is 0. The molecule has 0 saturated heterocycles. The highest BCUT2D eigenvalue weighted by Crippen LogP contribution is 2.04. The standard InChI is InChI=1S/C11H17F2N3O2/c1-8-5-9(2)16(14-8)7-11(18)15(3-4-17)6-10(12)13/h5,10,17H,3-4,6-7H2,1-2H3. The molecule has 0 radical (unpaired) electrons. The van der Waals surface area contributed by atoms with Crippen LogP contribution in [-0.2, 0) is 11.3 Å². The maximum atomic E-state index is 12.3. The van der Waals surface area contributed by atoms with Crippen LogP contribution >= 0.6 is 0 Å². The monoisotopic (exact) mass is 261 g/mol. The Bertz CT molecular complexity index is 407. The second-order valence-corrected chi connectivity index (χ2v) is 4.04. The summed E-state index contributed by atoms with van der Waals surface area (Å²) in [6.07, 6.45) is -2.61. The lowest BCUT2D eigenvalue weighted by molar-refractivity contribution is -0.134. The number of carbonyl (C=O) groups is 1. The van der Waals surface area contributed by atoms with Crippen molar-refractivity contribution in [3.8, 4) is 0 Å². The Morgan fingerprint density at radius 2 is 2.22 bits per heavy atom. The van der Waals surface area contributed by atoms with Crippen molar-refractivity contribution in [1.29, 1.82) is 0 Å². The van der Waals surface area contributed by atoms with Crippen LogP contribution in [0.5, 0.6) is 0 Å². The molecule has 1 aromatic rings. The smallest absolute Gasteiger partial charge is 0.255 e. The Morgan fingerprint density at radius 3 is 2.67 bits per heavy atom. The summed E-state index contributed by atoms with van der Waals surface area (Å²) in [6, 6.07) is 1.80. The molecule has 0 unspecified atom stereocenters. The molecule has 0 aliphatic heterocycles. The van der Waals surface area contributed by atoms with Gasteiger partial charge in [0.1, 0.15) is 6.54 Å². The molecule has 7 heteroatoms. The molecule has 0 aromatic carbocycles. The Morgan fingerprint density at radius 1 is 1.56 bits per heavy atom. The number of hydrogen-bond acceptors (Lipinski definition) is 3. The van der Waals surface area contributed by atoms with E-state index in [4.69, 9.17) is 5.11 Å². The first kappa shape index (κ1) is 14.6. The van der Waals surface area contributed by atoms with Crippen molar-refractivity contribution in [1.82, 2.24) is 14.7 Å². The Kier molecular flexibility index (Phi) is 5.21. The predicted molar refractivity (Wildman–Crippen MR) is 61.4 cm³/mol. The number of hydrogen-bond donors (Lipinski definition) is 1. The third-order valence-corrected chi connectivity index (χ3v) is 2.47. The zero-order valence-electron chi connectivity index (χ0n) is 10.4.